The zero-order valence-corrected chi connectivity index (χ0v) is 16.6. The molecule has 0 saturated heterocycles. The van der Waals surface area contributed by atoms with Crippen LogP contribution >= 0.6 is 11.3 Å². The molecule has 27 heavy (non-hydrogen) atoms. The number of esters is 1. The first-order valence-electron chi connectivity index (χ1n) is 8.40. The highest BCUT2D eigenvalue weighted by atomic mass is 32.1. The molecule has 1 heterocycles. The third-order valence-electron chi connectivity index (χ3n) is 3.81. The maximum Gasteiger partial charge on any atom is 0.315 e. The van der Waals surface area contributed by atoms with E-state index in [2.05, 4.69) is 20.4 Å². The van der Waals surface area contributed by atoms with E-state index in [1.54, 1.807) is 24.3 Å². The molecule has 2 aromatic rings. The predicted octanol–water partition coefficient (Wildman–Crippen LogP) is 2.80. The quantitative estimate of drug-likeness (QED) is 0.605. The van der Waals surface area contributed by atoms with Crippen LogP contribution < -0.4 is 10.6 Å². The number of anilines is 1. The van der Waals surface area contributed by atoms with Gasteiger partial charge in [-0.25, -0.2) is 4.98 Å². The Hall–Kier alpha value is -2.74. The van der Waals surface area contributed by atoms with E-state index in [-0.39, 0.29) is 11.8 Å². The molecule has 8 heteroatoms. The molecule has 1 aromatic heterocycles. The van der Waals surface area contributed by atoms with E-state index in [1.165, 1.54) is 18.4 Å². The minimum atomic E-state index is -0.847. The molecule has 0 radical (unpaired) electrons. The molecule has 0 fully saturated rings. The average molecular weight is 389 g/mol. The van der Waals surface area contributed by atoms with Gasteiger partial charge >= 0.3 is 17.8 Å². The van der Waals surface area contributed by atoms with E-state index in [4.69, 9.17) is 0 Å². The summed E-state index contributed by atoms with van der Waals surface area (Å²) in [6.07, 6.45) is -0.0784. The number of nitrogens with zero attached hydrogens (tertiary/aromatic N) is 1. The molecule has 0 aliphatic rings. The summed E-state index contributed by atoms with van der Waals surface area (Å²) in [6, 6.07) is 8.26. The molecule has 144 valence electrons. The van der Waals surface area contributed by atoms with Crippen LogP contribution in [0.1, 0.15) is 44.5 Å². The predicted molar refractivity (Wildman–Crippen MR) is 103 cm³/mol. The summed E-state index contributed by atoms with van der Waals surface area (Å²) < 4.78 is 4.68. The Morgan fingerprint density at radius 1 is 1.15 bits per heavy atom. The lowest BCUT2D eigenvalue weighted by Crippen LogP contribution is -2.38. The van der Waals surface area contributed by atoms with Gasteiger partial charge in [-0.15, -0.1) is 11.3 Å². The van der Waals surface area contributed by atoms with Gasteiger partial charge in [0.05, 0.1) is 25.3 Å². The highest BCUT2D eigenvalue weighted by molar-refractivity contribution is 7.14. The first kappa shape index (κ1) is 20.6. The zero-order valence-electron chi connectivity index (χ0n) is 15.7. The number of amides is 2. The largest absolute Gasteiger partial charge is 0.469 e. The first-order chi connectivity index (χ1) is 12.7. The number of hydrogen-bond donors (Lipinski definition) is 2. The minimum Gasteiger partial charge on any atom is -0.469 e. The number of ether oxygens (including phenoxy) is 1. The van der Waals surface area contributed by atoms with E-state index < -0.39 is 23.8 Å². The molecule has 0 spiro atoms. The topological polar surface area (TPSA) is 97.4 Å². The lowest BCUT2D eigenvalue weighted by Gasteiger charge is -2.17. The third kappa shape index (κ3) is 5.89. The van der Waals surface area contributed by atoms with Crippen LogP contribution in [0.2, 0.25) is 0 Å². The smallest absolute Gasteiger partial charge is 0.315 e. The summed E-state index contributed by atoms with van der Waals surface area (Å²) in [5.74, 6) is -2.17. The fourth-order valence-electron chi connectivity index (χ4n) is 2.24. The molecule has 0 aliphatic heterocycles. The van der Waals surface area contributed by atoms with Gasteiger partial charge in [-0.3, -0.25) is 19.7 Å². The van der Waals surface area contributed by atoms with E-state index >= 15 is 0 Å². The van der Waals surface area contributed by atoms with Crippen molar-refractivity contribution in [2.45, 2.75) is 38.6 Å². The molecule has 0 bridgehead atoms. The van der Waals surface area contributed by atoms with Crippen molar-refractivity contribution >= 4 is 34.3 Å². The Morgan fingerprint density at radius 3 is 2.37 bits per heavy atom. The van der Waals surface area contributed by atoms with Crippen molar-refractivity contribution in [2.24, 2.45) is 0 Å². The van der Waals surface area contributed by atoms with Crippen molar-refractivity contribution < 1.29 is 19.1 Å². The van der Waals surface area contributed by atoms with Gasteiger partial charge in [-0.1, -0.05) is 51.1 Å². The number of carbonyl (C=O) groups excluding carboxylic acids is 3. The van der Waals surface area contributed by atoms with Crippen LogP contribution in [0.15, 0.2) is 35.7 Å². The van der Waals surface area contributed by atoms with Crippen molar-refractivity contribution in [1.82, 2.24) is 10.3 Å². The number of hydrogen-bond acceptors (Lipinski definition) is 6. The third-order valence-corrected chi connectivity index (χ3v) is 4.56. The van der Waals surface area contributed by atoms with Crippen LogP contribution in [0.25, 0.3) is 0 Å². The van der Waals surface area contributed by atoms with Crippen LogP contribution in [0.3, 0.4) is 0 Å². The van der Waals surface area contributed by atoms with E-state index in [9.17, 15) is 14.4 Å². The van der Waals surface area contributed by atoms with Gasteiger partial charge in [-0.2, -0.15) is 0 Å². The van der Waals surface area contributed by atoms with Gasteiger partial charge in [0.25, 0.3) is 0 Å². The molecule has 2 N–H and O–H groups in total. The van der Waals surface area contributed by atoms with Crippen molar-refractivity contribution in [3.8, 4) is 0 Å². The second-order valence-corrected chi connectivity index (χ2v) is 7.82. The van der Waals surface area contributed by atoms with Gasteiger partial charge in [0.2, 0.25) is 0 Å². The molecular formula is C19H23N3O4S. The van der Waals surface area contributed by atoms with Crippen LogP contribution in [0.4, 0.5) is 5.13 Å². The molecule has 1 atom stereocenters. The van der Waals surface area contributed by atoms with E-state index in [0.29, 0.717) is 10.7 Å². The Bertz CT molecular complexity index is 812. The first-order valence-corrected chi connectivity index (χ1v) is 9.28. The molecule has 0 unspecified atom stereocenters. The summed E-state index contributed by atoms with van der Waals surface area (Å²) >= 11 is 1.25. The fraction of sp³-hybridized carbons (Fsp3) is 0.368. The standard InChI is InChI=1S/C19H23N3O4S/c1-19(2,3)14-11-27-18(21-14)22-17(25)16(24)20-13(10-15(23)26-4)12-8-6-5-7-9-12/h5-9,11,13H,10H2,1-4H3,(H,20,24)(H,21,22,25)/t13-/m1/s1. The van der Waals surface area contributed by atoms with Crippen LogP contribution in [0.5, 0.6) is 0 Å². The summed E-state index contributed by atoms with van der Waals surface area (Å²) in [5.41, 5.74) is 1.38. The molecule has 0 saturated carbocycles. The maximum atomic E-state index is 12.3. The molecule has 1 aromatic carbocycles. The van der Waals surface area contributed by atoms with Gasteiger partial charge in [0.15, 0.2) is 5.13 Å². The van der Waals surface area contributed by atoms with Gasteiger partial charge in [0.1, 0.15) is 0 Å². The highest BCUT2D eigenvalue weighted by Crippen LogP contribution is 2.26. The van der Waals surface area contributed by atoms with Crippen LogP contribution in [-0.2, 0) is 24.5 Å². The summed E-state index contributed by atoms with van der Waals surface area (Å²) in [4.78, 5) is 40.5. The number of aromatic nitrogens is 1. The second kappa shape index (κ2) is 8.77. The van der Waals surface area contributed by atoms with Gasteiger partial charge in [0, 0.05) is 10.8 Å². The Kier molecular flexibility index (Phi) is 6.68. The SMILES string of the molecule is COC(=O)C[C@@H](NC(=O)C(=O)Nc1nc(C(C)(C)C)cs1)c1ccccc1. The average Bonchev–Trinajstić information content (AvgIpc) is 3.10. The normalized spacial score (nSPS) is 12.1. The molecule has 7 nitrogen and oxygen atoms in total. The van der Waals surface area contributed by atoms with Crippen molar-refractivity contribution in [1.29, 1.82) is 0 Å². The molecular weight excluding hydrogens is 366 g/mol. The Labute approximate surface area is 162 Å². The van der Waals surface area contributed by atoms with Crippen molar-refractivity contribution in [2.75, 3.05) is 12.4 Å². The summed E-state index contributed by atoms with van der Waals surface area (Å²) in [6.45, 7) is 6.03. The van der Waals surface area contributed by atoms with E-state index in [0.717, 1.165) is 5.69 Å². The van der Waals surface area contributed by atoms with Crippen LogP contribution in [0, 0.1) is 0 Å². The van der Waals surface area contributed by atoms with Crippen molar-refractivity contribution in [3.05, 3.63) is 47.0 Å². The Morgan fingerprint density at radius 2 is 1.81 bits per heavy atom. The molecule has 2 amide bonds. The highest BCUT2D eigenvalue weighted by Gasteiger charge is 2.24. The number of benzene rings is 1. The lowest BCUT2D eigenvalue weighted by atomic mass is 9.93. The number of carbonyl (C=O) groups is 3. The fourth-order valence-corrected chi connectivity index (χ4v) is 3.17. The Balaban J connectivity index is 2.06. The second-order valence-electron chi connectivity index (χ2n) is 6.96. The summed E-state index contributed by atoms with van der Waals surface area (Å²) in [7, 11) is 1.27. The van der Waals surface area contributed by atoms with E-state index in [1.807, 2.05) is 32.2 Å². The lowest BCUT2D eigenvalue weighted by molar-refractivity contribution is -0.142. The number of rotatable bonds is 5. The number of methoxy groups -OCH3 is 1. The summed E-state index contributed by atoms with van der Waals surface area (Å²) in [5, 5.41) is 7.28. The number of thiazole rings is 1. The van der Waals surface area contributed by atoms with Gasteiger partial charge < -0.3 is 10.1 Å². The van der Waals surface area contributed by atoms with Crippen LogP contribution in [-0.4, -0.2) is 29.9 Å². The minimum absolute atomic E-state index is 0.0784. The zero-order chi connectivity index (χ0) is 20.0. The monoisotopic (exact) mass is 389 g/mol. The molecule has 2 rings (SSSR count). The van der Waals surface area contributed by atoms with Crippen molar-refractivity contribution in [3.63, 3.8) is 0 Å². The molecule has 0 aliphatic carbocycles. The van der Waals surface area contributed by atoms with Gasteiger partial charge in [-0.05, 0) is 5.56 Å². The number of nitrogens with one attached hydrogen (secondary N) is 2. The maximum absolute atomic E-state index is 12.3.